The van der Waals surface area contributed by atoms with Crippen molar-refractivity contribution >= 4 is 39.1 Å². The summed E-state index contributed by atoms with van der Waals surface area (Å²) >= 11 is 5.92. The molecule has 2 amide bonds. The highest BCUT2D eigenvalue weighted by Crippen LogP contribution is 2.21. The van der Waals surface area contributed by atoms with Crippen LogP contribution in [0.15, 0.2) is 83.8 Å². The molecule has 3 aromatic rings. The van der Waals surface area contributed by atoms with Crippen molar-refractivity contribution in [3.63, 3.8) is 0 Å². The maximum atomic E-state index is 13.4. The first-order valence-electron chi connectivity index (χ1n) is 11.8. The van der Waals surface area contributed by atoms with Gasteiger partial charge in [-0.3, -0.25) is 9.59 Å². The van der Waals surface area contributed by atoms with Gasteiger partial charge in [0.2, 0.25) is 21.8 Å². The molecular weight excluding hydrogens is 498 g/mol. The van der Waals surface area contributed by atoms with E-state index in [0.29, 0.717) is 17.1 Å². The number of sulfonamides is 1. The van der Waals surface area contributed by atoms with Crippen LogP contribution in [0.2, 0.25) is 5.02 Å². The lowest BCUT2D eigenvalue weighted by Gasteiger charge is -2.22. The van der Waals surface area contributed by atoms with E-state index in [1.807, 2.05) is 35.2 Å². The summed E-state index contributed by atoms with van der Waals surface area (Å²) in [6.07, 6.45) is 2.41. The van der Waals surface area contributed by atoms with E-state index >= 15 is 0 Å². The van der Waals surface area contributed by atoms with Gasteiger partial charge in [0, 0.05) is 30.3 Å². The zero-order valence-corrected chi connectivity index (χ0v) is 21.3. The molecule has 188 valence electrons. The topological polar surface area (TPSA) is 86.8 Å². The fourth-order valence-corrected chi connectivity index (χ4v) is 5.60. The van der Waals surface area contributed by atoms with E-state index in [1.165, 1.54) is 24.3 Å². The maximum Gasteiger partial charge on any atom is 0.243 e. The molecule has 1 heterocycles. The number of carbonyl (C=O) groups excluding carboxylic acids is 2. The molecule has 7 nitrogen and oxygen atoms in total. The summed E-state index contributed by atoms with van der Waals surface area (Å²) in [6.45, 7) is 1.29. The van der Waals surface area contributed by atoms with E-state index in [9.17, 15) is 18.0 Å². The molecule has 0 atom stereocenters. The summed E-state index contributed by atoms with van der Waals surface area (Å²) in [4.78, 5) is 27.2. The third-order valence-electron chi connectivity index (χ3n) is 6.02. The van der Waals surface area contributed by atoms with Crippen LogP contribution in [0.4, 0.5) is 5.69 Å². The third kappa shape index (κ3) is 6.72. The molecule has 0 bridgehead atoms. The van der Waals surface area contributed by atoms with Crippen LogP contribution < -0.4 is 5.32 Å². The number of amides is 2. The summed E-state index contributed by atoms with van der Waals surface area (Å²) in [5.74, 6) is -0.363. The number of hydrogen-bond acceptors (Lipinski definition) is 4. The van der Waals surface area contributed by atoms with Gasteiger partial charge in [-0.25, -0.2) is 8.42 Å². The van der Waals surface area contributed by atoms with E-state index in [4.69, 9.17) is 11.6 Å². The molecule has 1 aliphatic rings. The summed E-state index contributed by atoms with van der Waals surface area (Å²) in [6, 6.07) is 22.0. The van der Waals surface area contributed by atoms with Crippen molar-refractivity contribution in [1.29, 1.82) is 0 Å². The highest BCUT2D eigenvalue weighted by molar-refractivity contribution is 7.89. The van der Waals surface area contributed by atoms with Crippen LogP contribution in [0.5, 0.6) is 0 Å². The smallest absolute Gasteiger partial charge is 0.243 e. The molecule has 3 aromatic carbocycles. The predicted octanol–water partition coefficient (Wildman–Crippen LogP) is 4.33. The molecule has 0 saturated carbocycles. The first-order valence-corrected chi connectivity index (χ1v) is 13.6. The molecule has 9 heteroatoms. The number of anilines is 1. The number of halogens is 1. The van der Waals surface area contributed by atoms with Gasteiger partial charge >= 0.3 is 0 Å². The Morgan fingerprint density at radius 3 is 2.14 bits per heavy atom. The number of carbonyl (C=O) groups is 2. The fourth-order valence-electron chi connectivity index (χ4n) is 4.09. The molecule has 1 aliphatic heterocycles. The lowest BCUT2D eigenvalue weighted by Crippen LogP contribution is -2.37. The van der Waals surface area contributed by atoms with Gasteiger partial charge in [-0.2, -0.15) is 4.31 Å². The lowest BCUT2D eigenvalue weighted by atomic mass is 10.1. The second kappa shape index (κ2) is 11.7. The largest absolute Gasteiger partial charge is 0.342 e. The minimum absolute atomic E-state index is 0.0385. The van der Waals surface area contributed by atoms with Crippen molar-refractivity contribution in [1.82, 2.24) is 9.21 Å². The number of nitrogens with zero attached hydrogens (tertiary/aromatic N) is 2. The molecule has 0 spiro atoms. The molecule has 0 aromatic heterocycles. The number of hydrogen-bond donors (Lipinski definition) is 1. The Morgan fingerprint density at radius 2 is 1.50 bits per heavy atom. The minimum atomic E-state index is -3.96. The fraction of sp³-hybridized carbons (Fsp3) is 0.259. The van der Waals surface area contributed by atoms with Crippen LogP contribution in [0, 0.1) is 0 Å². The Balaban J connectivity index is 1.44. The lowest BCUT2D eigenvalue weighted by molar-refractivity contribution is -0.129. The van der Waals surface area contributed by atoms with E-state index in [-0.39, 0.29) is 23.9 Å². The van der Waals surface area contributed by atoms with E-state index in [1.54, 1.807) is 24.3 Å². The van der Waals surface area contributed by atoms with Gasteiger partial charge in [-0.15, -0.1) is 0 Å². The zero-order chi connectivity index (χ0) is 25.5. The molecule has 36 heavy (non-hydrogen) atoms. The Morgan fingerprint density at radius 1 is 0.861 bits per heavy atom. The SMILES string of the molecule is O=C(CN(Cc1ccccc1)S(=O)(=O)c1ccc(Cl)cc1)Nc1ccc(CC(=O)N2CCCC2)cc1. The number of rotatable bonds is 9. The van der Waals surface area contributed by atoms with Crippen LogP contribution in [0.25, 0.3) is 0 Å². The van der Waals surface area contributed by atoms with Crippen LogP contribution in [0.1, 0.15) is 24.0 Å². The monoisotopic (exact) mass is 525 g/mol. The highest BCUT2D eigenvalue weighted by atomic mass is 35.5. The number of benzene rings is 3. The van der Waals surface area contributed by atoms with E-state index in [2.05, 4.69) is 5.32 Å². The predicted molar refractivity (Wildman–Crippen MR) is 140 cm³/mol. The molecule has 0 radical (unpaired) electrons. The normalized spacial score (nSPS) is 13.7. The average molecular weight is 526 g/mol. The number of likely N-dealkylation sites (tertiary alicyclic amines) is 1. The quantitative estimate of drug-likeness (QED) is 0.450. The first kappa shape index (κ1) is 25.9. The Labute approximate surface area is 216 Å². The maximum absolute atomic E-state index is 13.4. The highest BCUT2D eigenvalue weighted by Gasteiger charge is 2.27. The molecule has 1 saturated heterocycles. The number of nitrogens with one attached hydrogen (secondary N) is 1. The van der Waals surface area contributed by atoms with Crippen molar-refractivity contribution in [3.8, 4) is 0 Å². The Kier molecular flexibility index (Phi) is 8.40. The minimum Gasteiger partial charge on any atom is -0.342 e. The van der Waals surface area contributed by atoms with Crippen LogP contribution in [0.3, 0.4) is 0 Å². The van der Waals surface area contributed by atoms with E-state index in [0.717, 1.165) is 41.4 Å². The van der Waals surface area contributed by atoms with Gasteiger partial charge in [0.25, 0.3) is 0 Å². The van der Waals surface area contributed by atoms with Crippen molar-refractivity contribution in [2.24, 2.45) is 0 Å². The molecular formula is C27H28ClN3O4S. The summed E-state index contributed by atoms with van der Waals surface area (Å²) < 4.78 is 27.9. The van der Waals surface area contributed by atoms with Gasteiger partial charge < -0.3 is 10.2 Å². The standard InChI is InChI=1S/C27H28ClN3O4S/c28-23-10-14-25(15-11-23)36(34,35)31(19-22-6-2-1-3-7-22)20-26(32)29-24-12-8-21(9-13-24)18-27(33)30-16-4-5-17-30/h1-3,6-15H,4-5,16-20H2,(H,29,32). The molecule has 1 N–H and O–H groups in total. The van der Waals surface area contributed by atoms with Crippen molar-refractivity contribution < 1.29 is 18.0 Å². The van der Waals surface area contributed by atoms with Crippen molar-refractivity contribution in [2.75, 3.05) is 25.0 Å². The van der Waals surface area contributed by atoms with Gasteiger partial charge in [0.1, 0.15) is 0 Å². The van der Waals surface area contributed by atoms with Crippen LogP contribution in [-0.4, -0.2) is 49.1 Å². The van der Waals surface area contributed by atoms with Crippen LogP contribution in [-0.2, 0) is 32.6 Å². The van der Waals surface area contributed by atoms with Gasteiger partial charge in [-0.1, -0.05) is 54.1 Å². The molecule has 4 rings (SSSR count). The third-order valence-corrected chi connectivity index (χ3v) is 8.08. The Bertz CT molecular complexity index is 1290. The second-order valence-corrected chi connectivity index (χ2v) is 11.1. The summed E-state index contributed by atoms with van der Waals surface area (Å²) in [5.41, 5.74) is 2.15. The summed E-state index contributed by atoms with van der Waals surface area (Å²) in [5, 5.41) is 3.19. The van der Waals surface area contributed by atoms with Crippen molar-refractivity contribution in [2.45, 2.75) is 30.7 Å². The second-order valence-electron chi connectivity index (χ2n) is 8.72. The molecule has 0 aliphatic carbocycles. The molecule has 1 fully saturated rings. The Hall–Kier alpha value is -3.20. The van der Waals surface area contributed by atoms with Gasteiger partial charge in [0.05, 0.1) is 17.9 Å². The average Bonchev–Trinajstić information content (AvgIpc) is 3.41. The zero-order valence-electron chi connectivity index (χ0n) is 19.8. The van der Waals surface area contributed by atoms with Gasteiger partial charge in [-0.05, 0) is 60.4 Å². The first-order chi connectivity index (χ1) is 17.3. The summed E-state index contributed by atoms with van der Waals surface area (Å²) in [7, 11) is -3.96. The molecule has 0 unspecified atom stereocenters. The van der Waals surface area contributed by atoms with Gasteiger partial charge in [0.15, 0.2) is 0 Å². The van der Waals surface area contributed by atoms with Crippen molar-refractivity contribution in [3.05, 3.63) is 95.0 Å². The van der Waals surface area contributed by atoms with Crippen LogP contribution >= 0.6 is 11.6 Å². The van der Waals surface area contributed by atoms with E-state index < -0.39 is 15.9 Å².